The number of hydrogen-bond donors (Lipinski definition) is 0. The highest BCUT2D eigenvalue weighted by Crippen LogP contribution is 2.36. The maximum absolute atomic E-state index is 12.6. The van der Waals surface area contributed by atoms with E-state index in [0.717, 1.165) is 27.2 Å². The molecule has 0 amide bonds. The van der Waals surface area contributed by atoms with Crippen LogP contribution in [0.1, 0.15) is 21.5 Å². The van der Waals surface area contributed by atoms with E-state index >= 15 is 0 Å². The zero-order valence-corrected chi connectivity index (χ0v) is 17.5. The van der Waals surface area contributed by atoms with Crippen LogP contribution in [0.5, 0.6) is 0 Å². The number of benzene rings is 2. The minimum absolute atomic E-state index is 0.0901. The standard InChI is InChI=1S/C23H16N2O3S2/c26-20(16-6-5-15-9-14-3-1-2-4-17(14)19(15)10-16)11-28-21(27)12-30-23-18-7-8-29-22(18)24-13-25-23/h1-8,10,13H,9,11-12H2. The lowest BCUT2D eigenvalue weighted by Gasteiger charge is -2.07. The molecule has 0 aliphatic heterocycles. The molecule has 0 saturated carbocycles. The van der Waals surface area contributed by atoms with Gasteiger partial charge in [0, 0.05) is 10.9 Å². The number of carbonyl (C=O) groups excluding carboxylic acids is 2. The molecule has 1 aliphatic carbocycles. The van der Waals surface area contributed by atoms with Crippen LogP contribution in [0.3, 0.4) is 0 Å². The van der Waals surface area contributed by atoms with Crippen molar-refractivity contribution in [2.75, 3.05) is 12.4 Å². The summed E-state index contributed by atoms with van der Waals surface area (Å²) in [6.07, 6.45) is 2.37. The van der Waals surface area contributed by atoms with E-state index in [-0.39, 0.29) is 18.1 Å². The zero-order valence-electron chi connectivity index (χ0n) is 15.8. The number of fused-ring (bicyclic) bond motifs is 4. The Kier molecular flexibility index (Phi) is 5.06. The van der Waals surface area contributed by atoms with Crippen LogP contribution in [-0.4, -0.2) is 34.1 Å². The third-order valence-corrected chi connectivity index (χ3v) is 6.84. The van der Waals surface area contributed by atoms with Gasteiger partial charge in [0.2, 0.25) is 0 Å². The number of carbonyl (C=O) groups is 2. The lowest BCUT2D eigenvalue weighted by Crippen LogP contribution is -2.15. The lowest BCUT2D eigenvalue weighted by atomic mass is 10.0. The number of thioether (sulfide) groups is 1. The number of Topliss-reactive ketones (excluding diaryl/α,β-unsaturated/α-hetero) is 1. The number of thiophene rings is 1. The third-order valence-electron chi connectivity index (χ3n) is 5.04. The number of rotatable bonds is 6. The fourth-order valence-electron chi connectivity index (χ4n) is 3.58. The zero-order chi connectivity index (χ0) is 20.5. The van der Waals surface area contributed by atoms with E-state index in [0.29, 0.717) is 5.56 Å². The monoisotopic (exact) mass is 432 g/mol. The van der Waals surface area contributed by atoms with E-state index in [1.807, 2.05) is 41.8 Å². The van der Waals surface area contributed by atoms with Gasteiger partial charge in [0.05, 0.1) is 5.75 Å². The van der Waals surface area contributed by atoms with Gasteiger partial charge < -0.3 is 4.74 Å². The van der Waals surface area contributed by atoms with Crippen molar-refractivity contribution in [3.05, 3.63) is 76.9 Å². The molecule has 2 aromatic carbocycles. The van der Waals surface area contributed by atoms with Crippen molar-refractivity contribution in [1.29, 1.82) is 0 Å². The summed E-state index contributed by atoms with van der Waals surface area (Å²) in [5, 5.41) is 3.60. The SMILES string of the molecule is O=C(CSc1ncnc2sccc12)OCC(=O)c1ccc2c(c1)-c1ccccc1C2. The highest BCUT2D eigenvalue weighted by Gasteiger charge is 2.20. The van der Waals surface area contributed by atoms with Crippen molar-refractivity contribution in [2.45, 2.75) is 11.4 Å². The maximum Gasteiger partial charge on any atom is 0.316 e. The van der Waals surface area contributed by atoms with E-state index in [4.69, 9.17) is 4.74 Å². The Morgan fingerprint density at radius 2 is 1.90 bits per heavy atom. The number of ether oxygens (including phenoxy) is 1. The Hall–Kier alpha value is -3.03. The molecule has 5 rings (SSSR count). The van der Waals surface area contributed by atoms with Crippen LogP contribution in [0.4, 0.5) is 0 Å². The molecule has 5 nitrogen and oxygen atoms in total. The second-order valence-electron chi connectivity index (χ2n) is 6.90. The van der Waals surface area contributed by atoms with Crippen LogP contribution < -0.4 is 0 Å². The van der Waals surface area contributed by atoms with Crippen LogP contribution in [0.25, 0.3) is 21.3 Å². The summed E-state index contributed by atoms with van der Waals surface area (Å²) in [5.74, 6) is -0.558. The summed E-state index contributed by atoms with van der Waals surface area (Å²) < 4.78 is 5.21. The molecule has 148 valence electrons. The van der Waals surface area contributed by atoms with Crippen LogP contribution in [0, 0.1) is 0 Å². The van der Waals surface area contributed by atoms with Gasteiger partial charge in [-0.2, -0.15) is 0 Å². The molecule has 0 radical (unpaired) electrons. The van der Waals surface area contributed by atoms with Gasteiger partial charge in [0.15, 0.2) is 12.4 Å². The van der Waals surface area contributed by atoms with Crippen molar-refractivity contribution < 1.29 is 14.3 Å². The van der Waals surface area contributed by atoms with Crippen LogP contribution in [-0.2, 0) is 16.0 Å². The average molecular weight is 433 g/mol. The molecule has 0 N–H and O–H groups in total. The smallest absolute Gasteiger partial charge is 0.316 e. The normalized spacial score (nSPS) is 11.9. The fraction of sp³-hybridized carbons (Fsp3) is 0.130. The molecule has 0 atom stereocenters. The van der Waals surface area contributed by atoms with E-state index in [2.05, 4.69) is 22.1 Å². The highest BCUT2D eigenvalue weighted by molar-refractivity contribution is 8.00. The summed E-state index contributed by atoms with van der Waals surface area (Å²) in [6.45, 7) is -0.266. The quantitative estimate of drug-likeness (QED) is 0.166. The van der Waals surface area contributed by atoms with E-state index in [1.54, 1.807) is 0 Å². The van der Waals surface area contributed by atoms with E-state index < -0.39 is 5.97 Å². The number of nitrogens with zero attached hydrogens (tertiary/aromatic N) is 2. The largest absolute Gasteiger partial charge is 0.457 e. The summed E-state index contributed by atoms with van der Waals surface area (Å²) in [5.41, 5.74) is 5.29. The van der Waals surface area contributed by atoms with E-state index in [1.165, 1.54) is 46.1 Å². The molecule has 0 fully saturated rings. The molecular weight excluding hydrogens is 416 g/mol. The molecule has 2 aromatic heterocycles. The van der Waals surface area contributed by atoms with Crippen LogP contribution in [0.15, 0.2) is 65.3 Å². The lowest BCUT2D eigenvalue weighted by molar-refractivity contribution is -0.139. The first-order valence-electron chi connectivity index (χ1n) is 9.40. The highest BCUT2D eigenvalue weighted by atomic mass is 32.2. The topological polar surface area (TPSA) is 69.2 Å². The molecule has 4 aromatic rings. The first kappa shape index (κ1) is 19.0. The third kappa shape index (κ3) is 3.62. The Bertz CT molecular complexity index is 1280. The Balaban J connectivity index is 1.21. The minimum atomic E-state index is -0.443. The molecule has 0 saturated heterocycles. The van der Waals surface area contributed by atoms with Gasteiger partial charge >= 0.3 is 5.97 Å². The van der Waals surface area contributed by atoms with Crippen molar-refractivity contribution in [3.8, 4) is 11.1 Å². The summed E-state index contributed by atoms with van der Waals surface area (Å²) in [7, 11) is 0. The van der Waals surface area contributed by atoms with Gasteiger partial charge in [0.25, 0.3) is 0 Å². The predicted octanol–water partition coefficient (Wildman–Crippen LogP) is 4.78. The van der Waals surface area contributed by atoms with Gasteiger partial charge in [-0.25, -0.2) is 9.97 Å². The number of aromatic nitrogens is 2. The summed E-state index contributed by atoms with van der Waals surface area (Å²) >= 11 is 2.81. The molecule has 0 spiro atoms. The van der Waals surface area contributed by atoms with Gasteiger partial charge in [-0.3, -0.25) is 9.59 Å². The van der Waals surface area contributed by atoms with Gasteiger partial charge in [-0.15, -0.1) is 11.3 Å². The molecule has 0 unspecified atom stereocenters. The van der Waals surface area contributed by atoms with Crippen LogP contribution in [0.2, 0.25) is 0 Å². The maximum atomic E-state index is 12.6. The summed E-state index contributed by atoms with van der Waals surface area (Å²) in [4.78, 5) is 34.0. The van der Waals surface area contributed by atoms with Crippen molar-refractivity contribution in [1.82, 2.24) is 9.97 Å². The second kappa shape index (κ2) is 8.01. The molecule has 7 heteroatoms. The number of esters is 1. The molecular formula is C23H16N2O3S2. The molecule has 0 bridgehead atoms. The Morgan fingerprint density at radius 1 is 1.03 bits per heavy atom. The molecule has 2 heterocycles. The number of hydrogen-bond acceptors (Lipinski definition) is 7. The summed E-state index contributed by atoms with van der Waals surface area (Å²) in [6, 6.07) is 15.8. The van der Waals surface area contributed by atoms with Gasteiger partial charge in [-0.1, -0.05) is 48.2 Å². The number of ketones is 1. The fourth-order valence-corrected chi connectivity index (χ4v) is 5.15. The average Bonchev–Trinajstić information content (AvgIpc) is 3.40. The van der Waals surface area contributed by atoms with Crippen LogP contribution >= 0.6 is 23.1 Å². The Morgan fingerprint density at radius 3 is 2.83 bits per heavy atom. The molecule has 1 aliphatic rings. The van der Waals surface area contributed by atoms with Crippen molar-refractivity contribution >= 4 is 45.1 Å². The van der Waals surface area contributed by atoms with Gasteiger partial charge in [-0.05, 0) is 46.2 Å². The predicted molar refractivity (Wildman–Crippen MR) is 118 cm³/mol. The first-order chi connectivity index (χ1) is 14.7. The van der Waals surface area contributed by atoms with Crippen molar-refractivity contribution in [2.24, 2.45) is 0 Å². The molecule has 30 heavy (non-hydrogen) atoms. The minimum Gasteiger partial charge on any atom is -0.457 e. The van der Waals surface area contributed by atoms with Crippen molar-refractivity contribution in [3.63, 3.8) is 0 Å². The Labute approximate surface area is 181 Å². The second-order valence-corrected chi connectivity index (χ2v) is 8.76. The first-order valence-corrected chi connectivity index (χ1v) is 11.3. The van der Waals surface area contributed by atoms with E-state index in [9.17, 15) is 9.59 Å². The van der Waals surface area contributed by atoms with Gasteiger partial charge in [0.1, 0.15) is 16.2 Å².